The molecule has 27 heavy (non-hydrogen) atoms. The van der Waals surface area contributed by atoms with E-state index < -0.39 is 10.2 Å². The van der Waals surface area contributed by atoms with Crippen LogP contribution in [-0.2, 0) is 14.9 Å². The van der Waals surface area contributed by atoms with Crippen LogP contribution >= 0.6 is 0 Å². The number of aromatic nitrogens is 3. The van der Waals surface area contributed by atoms with Gasteiger partial charge in [0, 0.05) is 31.7 Å². The number of rotatable bonds is 6. The molecule has 0 amide bonds. The maximum atomic E-state index is 12.6. The molecule has 0 bridgehead atoms. The van der Waals surface area contributed by atoms with Gasteiger partial charge < -0.3 is 9.47 Å². The first-order chi connectivity index (χ1) is 13.1. The molecule has 4 rings (SSSR count). The molecule has 0 unspecified atom stereocenters. The van der Waals surface area contributed by atoms with Crippen molar-refractivity contribution >= 4 is 10.2 Å². The average molecular weight is 393 g/mol. The van der Waals surface area contributed by atoms with Gasteiger partial charge >= 0.3 is 0 Å². The van der Waals surface area contributed by atoms with Gasteiger partial charge in [0.05, 0.1) is 32.1 Å². The minimum Gasteiger partial charge on any atom is -0.494 e. The molecule has 0 spiro atoms. The Bertz CT molecular complexity index is 871. The smallest absolute Gasteiger partial charge is 0.282 e. The summed E-state index contributed by atoms with van der Waals surface area (Å²) in [5.74, 6) is 0.816. The Hall–Kier alpha value is -2.01. The molecule has 0 radical (unpaired) electrons. The normalized spacial score (nSPS) is 19.7. The van der Waals surface area contributed by atoms with Gasteiger partial charge in [0.25, 0.3) is 10.2 Å². The van der Waals surface area contributed by atoms with Crippen molar-refractivity contribution in [3.63, 3.8) is 0 Å². The van der Waals surface area contributed by atoms with Crippen molar-refractivity contribution in [2.75, 3.05) is 46.0 Å². The lowest BCUT2D eigenvalue weighted by Crippen LogP contribution is -2.57. The molecule has 0 atom stereocenters. The number of nitrogens with zero attached hydrogens (tertiary/aromatic N) is 5. The van der Waals surface area contributed by atoms with Crippen molar-refractivity contribution < 1.29 is 17.9 Å². The zero-order chi connectivity index (χ0) is 18.9. The van der Waals surface area contributed by atoms with Crippen molar-refractivity contribution in [3.05, 3.63) is 30.5 Å². The lowest BCUT2D eigenvalue weighted by molar-refractivity contribution is 0.0662. The zero-order valence-electron chi connectivity index (χ0n) is 15.2. The molecule has 10 heteroatoms. The van der Waals surface area contributed by atoms with Crippen LogP contribution in [0.3, 0.4) is 0 Å². The van der Waals surface area contributed by atoms with Crippen LogP contribution in [0.4, 0.5) is 0 Å². The van der Waals surface area contributed by atoms with Gasteiger partial charge in [0.2, 0.25) is 0 Å². The number of hydrogen-bond acceptors (Lipinski definition) is 6. The third-order valence-electron chi connectivity index (χ3n) is 4.80. The predicted molar refractivity (Wildman–Crippen MR) is 98.5 cm³/mol. The van der Waals surface area contributed by atoms with Crippen LogP contribution in [0.15, 0.2) is 30.5 Å². The van der Waals surface area contributed by atoms with E-state index in [-0.39, 0.29) is 6.04 Å². The molecule has 2 aromatic rings. The first kappa shape index (κ1) is 18.4. The van der Waals surface area contributed by atoms with Gasteiger partial charge in [-0.1, -0.05) is 5.21 Å². The summed E-state index contributed by atoms with van der Waals surface area (Å²) in [5, 5.41) is 8.40. The minimum atomic E-state index is -3.41. The summed E-state index contributed by atoms with van der Waals surface area (Å²) in [4.78, 5) is 0. The number of hydrogen-bond donors (Lipinski definition) is 0. The highest BCUT2D eigenvalue weighted by atomic mass is 32.2. The Morgan fingerprint density at radius 3 is 2.52 bits per heavy atom. The summed E-state index contributed by atoms with van der Waals surface area (Å²) in [7, 11) is -3.41. The van der Waals surface area contributed by atoms with Crippen LogP contribution in [0, 0.1) is 0 Å². The lowest BCUT2D eigenvalue weighted by atomic mass is 10.1. The molecule has 1 aromatic heterocycles. The first-order valence-corrected chi connectivity index (χ1v) is 10.5. The van der Waals surface area contributed by atoms with Gasteiger partial charge in [-0.25, -0.2) is 4.68 Å². The Morgan fingerprint density at radius 2 is 1.85 bits per heavy atom. The molecule has 2 fully saturated rings. The Labute approximate surface area is 158 Å². The fraction of sp³-hybridized carbons (Fsp3) is 0.529. The predicted octanol–water partition coefficient (Wildman–Crippen LogP) is 0.778. The molecular weight excluding hydrogens is 370 g/mol. The minimum absolute atomic E-state index is 0.00441. The quantitative estimate of drug-likeness (QED) is 0.720. The fourth-order valence-electron chi connectivity index (χ4n) is 3.19. The maximum Gasteiger partial charge on any atom is 0.282 e. The van der Waals surface area contributed by atoms with Crippen LogP contribution in [0.2, 0.25) is 0 Å². The maximum absolute atomic E-state index is 12.6. The highest BCUT2D eigenvalue weighted by Crippen LogP contribution is 2.27. The van der Waals surface area contributed by atoms with Crippen LogP contribution in [0.5, 0.6) is 5.75 Å². The van der Waals surface area contributed by atoms with Gasteiger partial charge in [-0.15, -0.1) is 5.10 Å². The van der Waals surface area contributed by atoms with Gasteiger partial charge in [0.1, 0.15) is 11.4 Å². The highest BCUT2D eigenvalue weighted by molar-refractivity contribution is 7.86. The SMILES string of the molecule is CCOc1ccc(-c2cn(C3CN(S(=O)(=O)N4CCOCC4)C3)nn2)cc1. The molecule has 9 nitrogen and oxygen atoms in total. The summed E-state index contributed by atoms with van der Waals surface area (Å²) in [5.41, 5.74) is 1.70. The molecule has 0 saturated carbocycles. The number of morpholine rings is 1. The first-order valence-electron chi connectivity index (χ1n) is 9.06. The summed E-state index contributed by atoms with van der Waals surface area (Å²) < 4.78 is 40.6. The number of ether oxygens (including phenoxy) is 2. The van der Waals surface area contributed by atoms with Gasteiger partial charge in [-0.05, 0) is 31.2 Å². The second kappa shape index (κ2) is 7.55. The van der Waals surface area contributed by atoms with Crippen molar-refractivity contribution in [1.82, 2.24) is 23.6 Å². The van der Waals surface area contributed by atoms with Crippen molar-refractivity contribution in [2.24, 2.45) is 0 Å². The summed E-state index contributed by atoms with van der Waals surface area (Å²) in [6.45, 7) is 5.11. The third kappa shape index (κ3) is 3.70. The third-order valence-corrected chi connectivity index (χ3v) is 6.77. The van der Waals surface area contributed by atoms with Crippen molar-refractivity contribution in [2.45, 2.75) is 13.0 Å². The lowest BCUT2D eigenvalue weighted by Gasteiger charge is -2.41. The van der Waals surface area contributed by atoms with Crippen LogP contribution in [0.1, 0.15) is 13.0 Å². The second-order valence-electron chi connectivity index (χ2n) is 6.53. The van der Waals surface area contributed by atoms with E-state index in [1.165, 1.54) is 8.61 Å². The largest absolute Gasteiger partial charge is 0.494 e. The van der Waals surface area contributed by atoms with Gasteiger partial charge in [-0.2, -0.15) is 17.0 Å². The fourth-order valence-corrected chi connectivity index (χ4v) is 4.85. The molecule has 2 aliphatic heterocycles. The molecule has 2 aliphatic rings. The highest BCUT2D eigenvalue weighted by Gasteiger charge is 2.41. The van der Waals surface area contributed by atoms with Gasteiger partial charge in [0.15, 0.2) is 0 Å². The van der Waals surface area contributed by atoms with E-state index in [0.29, 0.717) is 46.0 Å². The van der Waals surface area contributed by atoms with E-state index in [4.69, 9.17) is 9.47 Å². The Balaban J connectivity index is 1.39. The zero-order valence-corrected chi connectivity index (χ0v) is 16.0. The Morgan fingerprint density at radius 1 is 1.15 bits per heavy atom. The van der Waals surface area contributed by atoms with E-state index in [1.807, 2.05) is 37.4 Å². The molecule has 3 heterocycles. The monoisotopic (exact) mass is 393 g/mol. The summed E-state index contributed by atoms with van der Waals surface area (Å²) in [6.07, 6.45) is 1.86. The van der Waals surface area contributed by atoms with E-state index in [0.717, 1.165) is 17.0 Å². The molecular formula is C17H23N5O4S. The van der Waals surface area contributed by atoms with Crippen LogP contribution < -0.4 is 4.74 Å². The molecule has 2 saturated heterocycles. The van der Waals surface area contributed by atoms with Gasteiger partial charge in [-0.3, -0.25) is 0 Å². The average Bonchev–Trinajstić information content (AvgIpc) is 3.11. The number of benzene rings is 1. The van der Waals surface area contributed by atoms with E-state index in [2.05, 4.69) is 10.3 Å². The summed E-state index contributed by atoms with van der Waals surface area (Å²) >= 11 is 0. The van der Waals surface area contributed by atoms with Crippen molar-refractivity contribution in [3.8, 4) is 17.0 Å². The van der Waals surface area contributed by atoms with E-state index in [9.17, 15) is 8.42 Å². The summed E-state index contributed by atoms with van der Waals surface area (Å²) in [6, 6.07) is 7.69. The molecule has 146 valence electrons. The second-order valence-corrected chi connectivity index (χ2v) is 8.46. The molecule has 0 aliphatic carbocycles. The standard InChI is InChI=1S/C17H23N5O4S/c1-2-26-16-5-3-14(4-6-16)17-13-22(19-18-17)15-11-21(12-15)27(23,24)20-7-9-25-10-8-20/h3-6,13,15H,2,7-12H2,1H3. The Kier molecular flexibility index (Phi) is 5.13. The van der Waals surface area contributed by atoms with Crippen LogP contribution in [-0.4, -0.2) is 78.0 Å². The molecule has 0 N–H and O–H groups in total. The topological polar surface area (TPSA) is 89.8 Å². The van der Waals surface area contributed by atoms with Crippen LogP contribution in [0.25, 0.3) is 11.3 Å². The van der Waals surface area contributed by atoms with E-state index >= 15 is 0 Å². The van der Waals surface area contributed by atoms with E-state index in [1.54, 1.807) is 4.68 Å². The van der Waals surface area contributed by atoms with Crippen molar-refractivity contribution in [1.29, 1.82) is 0 Å². The molecule has 1 aromatic carbocycles.